The van der Waals surface area contributed by atoms with Crippen molar-refractivity contribution in [3.63, 3.8) is 0 Å². The van der Waals surface area contributed by atoms with Crippen LogP contribution in [-0.2, 0) is 10.3 Å². The summed E-state index contributed by atoms with van der Waals surface area (Å²) < 4.78 is 6.66. The summed E-state index contributed by atoms with van der Waals surface area (Å²) in [4.78, 5) is 14.8. The number of carbonyl (C=O) groups is 1. The summed E-state index contributed by atoms with van der Waals surface area (Å²) in [6.07, 6.45) is 1.65. The number of ether oxygens (including phenoxy) is 1. The Labute approximate surface area is 142 Å². The standard InChI is InChI=1S/C18H17NO2S2/c20-17(15-12-13-4-1-2-5-14(13)23-15)19-18(7-9-21-10-8-18)16-6-3-11-22-16/h1-6,11-12H,7-10H2,(H,19,20). The van der Waals surface area contributed by atoms with E-state index < -0.39 is 0 Å². The molecule has 1 fully saturated rings. The van der Waals surface area contributed by atoms with Gasteiger partial charge in [-0.2, -0.15) is 0 Å². The van der Waals surface area contributed by atoms with Crippen molar-refractivity contribution < 1.29 is 9.53 Å². The fourth-order valence-electron chi connectivity index (χ4n) is 3.08. The Morgan fingerprint density at radius 3 is 2.70 bits per heavy atom. The minimum absolute atomic E-state index is 0.0153. The minimum atomic E-state index is -0.292. The van der Waals surface area contributed by atoms with Crippen LogP contribution in [0.5, 0.6) is 0 Å². The van der Waals surface area contributed by atoms with Gasteiger partial charge >= 0.3 is 0 Å². The van der Waals surface area contributed by atoms with Gasteiger partial charge in [-0.05, 0) is 41.8 Å². The first-order valence-corrected chi connectivity index (χ1v) is 9.39. The summed E-state index contributed by atoms with van der Waals surface area (Å²) in [6, 6.07) is 14.3. The molecule has 2 aromatic heterocycles. The molecule has 1 amide bonds. The number of amides is 1. The lowest BCUT2D eigenvalue weighted by molar-refractivity contribution is 0.0359. The van der Waals surface area contributed by atoms with Gasteiger partial charge in [-0.25, -0.2) is 0 Å². The Bertz CT molecular complexity index is 784. The van der Waals surface area contributed by atoms with E-state index in [-0.39, 0.29) is 11.4 Å². The maximum absolute atomic E-state index is 12.8. The van der Waals surface area contributed by atoms with Crippen LogP contribution in [0.1, 0.15) is 27.4 Å². The van der Waals surface area contributed by atoms with E-state index >= 15 is 0 Å². The van der Waals surface area contributed by atoms with Crippen molar-refractivity contribution in [2.24, 2.45) is 0 Å². The van der Waals surface area contributed by atoms with E-state index in [1.165, 1.54) is 4.88 Å². The lowest BCUT2D eigenvalue weighted by atomic mass is 9.88. The lowest BCUT2D eigenvalue weighted by Gasteiger charge is -2.37. The third-order valence-corrected chi connectivity index (χ3v) is 6.53. The third kappa shape index (κ3) is 2.80. The molecule has 0 unspecified atom stereocenters. The van der Waals surface area contributed by atoms with Crippen LogP contribution in [0.4, 0.5) is 0 Å². The van der Waals surface area contributed by atoms with Crippen LogP contribution < -0.4 is 5.32 Å². The molecule has 1 aliphatic heterocycles. The average molecular weight is 343 g/mol. The highest BCUT2D eigenvalue weighted by molar-refractivity contribution is 7.20. The second kappa shape index (κ2) is 6.07. The molecule has 3 heterocycles. The number of benzene rings is 1. The molecule has 1 saturated heterocycles. The van der Waals surface area contributed by atoms with Crippen molar-refractivity contribution in [2.75, 3.05) is 13.2 Å². The van der Waals surface area contributed by atoms with Crippen LogP contribution in [0.2, 0.25) is 0 Å². The number of thiophene rings is 2. The molecule has 1 aliphatic rings. The number of fused-ring (bicyclic) bond motifs is 1. The van der Waals surface area contributed by atoms with Gasteiger partial charge in [-0.15, -0.1) is 22.7 Å². The molecule has 0 aliphatic carbocycles. The van der Waals surface area contributed by atoms with Crippen LogP contribution >= 0.6 is 22.7 Å². The fourth-order valence-corrected chi connectivity index (χ4v) is 4.98. The first-order valence-electron chi connectivity index (χ1n) is 7.70. The highest BCUT2D eigenvalue weighted by atomic mass is 32.1. The Morgan fingerprint density at radius 1 is 1.13 bits per heavy atom. The van der Waals surface area contributed by atoms with Crippen molar-refractivity contribution >= 4 is 38.7 Å². The van der Waals surface area contributed by atoms with Gasteiger partial charge in [0.15, 0.2) is 0 Å². The van der Waals surface area contributed by atoms with Crippen molar-refractivity contribution in [1.29, 1.82) is 0 Å². The summed E-state index contributed by atoms with van der Waals surface area (Å²) >= 11 is 3.25. The minimum Gasteiger partial charge on any atom is -0.381 e. The second-order valence-electron chi connectivity index (χ2n) is 5.77. The SMILES string of the molecule is O=C(NC1(c2cccs2)CCOCC1)c1cc2ccccc2s1. The predicted octanol–water partition coefficient (Wildman–Crippen LogP) is 4.40. The summed E-state index contributed by atoms with van der Waals surface area (Å²) in [5.74, 6) is 0.0153. The Hall–Kier alpha value is -1.69. The maximum atomic E-state index is 12.8. The number of hydrogen-bond acceptors (Lipinski definition) is 4. The van der Waals surface area contributed by atoms with E-state index in [0.29, 0.717) is 13.2 Å². The molecule has 0 saturated carbocycles. The molecular weight excluding hydrogens is 326 g/mol. The molecule has 1 aromatic carbocycles. The van der Waals surface area contributed by atoms with Crippen molar-refractivity contribution in [1.82, 2.24) is 5.32 Å². The van der Waals surface area contributed by atoms with E-state index in [1.54, 1.807) is 22.7 Å². The van der Waals surface area contributed by atoms with Crippen molar-refractivity contribution in [3.05, 3.63) is 57.6 Å². The normalized spacial score (nSPS) is 17.2. The van der Waals surface area contributed by atoms with E-state index in [9.17, 15) is 4.79 Å². The maximum Gasteiger partial charge on any atom is 0.262 e. The molecule has 0 radical (unpaired) electrons. The molecule has 3 aromatic rings. The van der Waals surface area contributed by atoms with Gasteiger partial charge in [-0.3, -0.25) is 4.79 Å². The zero-order valence-electron chi connectivity index (χ0n) is 12.6. The molecule has 3 nitrogen and oxygen atoms in total. The van der Waals surface area contributed by atoms with Crippen LogP contribution in [-0.4, -0.2) is 19.1 Å². The zero-order chi connectivity index (χ0) is 15.7. The molecule has 0 bridgehead atoms. The van der Waals surface area contributed by atoms with Gasteiger partial charge in [0.25, 0.3) is 5.91 Å². The van der Waals surface area contributed by atoms with Gasteiger partial charge in [0.1, 0.15) is 0 Å². The second-order valence-corrected chi connectivity index (χ2v) is 7.81. The van der Waals surface area contributed by atoms with Gasteiger partial charge in [0.2, 0.25) is 0 Å². The molecule has 0 spiro atoms. The van der Waals surface area contributed by atoms with Crippen LogP contribution in [0.25, 0.3) is 10.1 Å². The molecular formula is C18H17NO2S2. The van der Waals surface area contributed by atoms with Gasteiger partial charge in [0.05, 0.1) is 10.4 Å². The van der Waals surface area contributed by atoms with E-state index in [2.05, 4.69) is 22.8 Å². The Kier molecular flexibility index (Phi) is 3.93. The molecule has 0 atom stereocenters. The van der Waals surface area contributed by atoms with E-state index in [4.69, 9.17) is 4.74 Å². The molecule has 23 heavy (non-hydrogen) atoms. The highest BCUT2D eigenvalue weighted by Crippen LogP contribution is 2.36. The summed E-state index contributed by atoms with van der Waals surface area (Å²) in [5.41, 5.74) is -0.292. The Morgan fingerprint density at radius 2 is 1.96 bits per heavy atom. The fraction of sp³-hybridized carbons (Fsp3) is 0.278. The summed E-state index contributed by atoms with van der Waals surface area (Å²) in [5, 5.41) is 6.51. The number of hydrogen-bond donors (Lipinski definition) is 1. The van der Waals surface area contributed by atoms with Crippen molar-refractivity contribution in [2.45, 2.75) is 18.4 Å². The largest absolute Gasteiger partial charge is 0.381 e. The first kappa shape index (κ1) is 14.9. The van der Waals surface area contributed by atoms with E-state index in [0.717, 1.165) is 27.8 Å². The first-order chi connectivity index (χ1) is 11.3. The summed E-state index contributed by atoms with van der Waals surface area (Å²) in [7, 11) is 0. The predicted molar refractivity (Wildman–Crippen MR) is 95.3 cm³/mol. The van der Waals surface area contributed by atoms with Crippen molar-refractivity contribution in [3.8, 4) is 0 Å². The monoisotopic (exact) mass is 343 g/mol. The molecule has 118 valence electrons. The smallest absolute Gasteiger partial charge is 0.262 e. The van der Waals surface area contributed by atoms with Gasteiger partial charge in [0, 0.05) is 22.8 Å². The molecule has 1 N–H and O–H groups in total. The number of rotatable bonds is 3. The highest BCUT2D eigenvalue weighted by Gasteiger charge is 2.37. The molecule has 4 rings (SSSR count). The van der Waals surface area contributed by atoms with Gasteiger partial charge < -0.3 is 10.1 Å². The van der Waals surface area contributed by atoms with Crippen LogP contribution in [0.15, 0.2) is 47.8 Å². The van der Waals surface area contributed by atoms with Gasteiger partial charge in [-0.1, -0.05) is 24.3 Å². The van der Waals surface area contributed by atoms with Crippen LogP contribution in [0.3, 0.4) is 0 Å². The Balaban J connectivity index is 1.64. The average Bonchev–Trinajstić information content (AvgIpc) is 3.25. The quantitative estimate of drug-likeness (QED) is 0.765. The van der Waals surface area contributed by atoms with Crippen LogP contribution in [0, 0.1) is 0 Å². The summed E-state index contributed by atoms with van der Waals surface area (Å²) in [6.45, 7) is 1.37. The molecule has 5 heteroatoms. The zero-order valence-corrected chi connectivity index (χ0v) is 14.2. The third-order valence-electron chi connectivity index (χ3n) is 4.34. The number of nitrogens with one attached hydrogen (secondary N) is 1. The lowest BCUT2D eigenvalue weighted by Crippen LogP contribution is -2.48. The number of carbonyl (C=O) groups excluding carboxylic acids is 1. The topological polar surface area (TPSA) is 38.3 Å². The van der Waals surface area contributed by atoms with E-state index in [1.807, 2.05) is 30.3 Å².